The maximum absolute atomic E-state index is 12.1. The smallest absolute Gasteiger partial charge is 0.340 e. The van der Waals surface area contributed by atoms with Crippen LogP contribution in [0.3, 0.4) is 0 Å². The second-order valence-corrected chi connectivity index (χ2v) is 6.21. The van der Waals surface area contributed by atoms with E-state index in [4.69, 9.17) is 9.47 Å². The number of anilines is 2. The van der Waals surface area contributed by atoms with Crippen LogP contribution in [0.15, 0.2) is 48.5 Å². The van der Waals surface area contributed by atoms with E-state index in [0.29, 0.717) is 5.69 Å². The van der Waals surface area contributed by atoms with Crippen LogP contribution in [0.25, 0.3) is 0 Å². The Balaban J connectivity index is 1.57. The van der Waals surface area contributed by atoms with Crippen LogP contribution in [0.4, 0.5) is 11.4 Å². The number of nitrogens with zero attached hydrogens (tertiary/aromatic N) is 1. The number of ether oxygens (including phenoxy) is 2. The van der Waals surface area contributed by atoms with Gasteiger partial charge in [0.15, 0.2) is 6.61 Å². The third-order valence-electron chi connectivity index (χ3n) is 4.23. The van der Waals surface area contributed by atoms with E-state index in [1.807, 2.05) is 0 Å². The Morgan fingerprint density at radius 3 is 2.43 bits per heavy atom. The van der Waals surface area contributed by atoms with E-state index >= 15 is 0 Å². The fourth-order valence-electron chi connectivity index (χ4n) is 2.89. The Labute approximate surface area is 171 Å². The fraction of sp³-hybridized carbons (Fsp3) is 0.190. The molecule has 1 aliphatic rings. The summed E-state index contributed by atoms with van der Waals surface area (Å²) in [6.07, 6.45) is 0. The van der Waals surface area contributed by atoms with Gasteiger partial charge in [0.2, 0.25) is 0 Å². The quantitative estimate of drug-likeness (QED) is 0.544. The molecule has 0 aliphatic carbocycles. The zero-order chi connectivity index (χ0) is 21.7. The van der Waals surface area contributed by atoms with Crippen molar-refractivity contribution in [1.29, 1.82) is 0 Å². The number of hydrogen-bond donors (Lipinski definition) is 1. The molecule has 2 aromatic rings. The predicted molar refractivity (Wildman–Crippen MR) is 105 cm³/mol. The summed E-state index contributed by atoms with van der Waals surface area (Å²) in [4.78, 5) is 61.2. The number of fused-ring (bicyclic) bond motifs is 1. The molecule has 0 saturated heterocycles. The van der Waals surface area contributed by atoms with Crippen molar-refractivity contribution >= 4 is 40.9 Å². The number of carbonyl (C=O) groups is 5. The van der Waals surface area contributed by atoms with Crippen molar-refractivity contribution in [2.24, 2.45) is 0 Å². The first-order chi connectivity index (χ1) is 14.4. The second kappa shape index (κ2) is 8.99. The van der Waals surface area contributed by atoms with Crippen LogP contribution in [0, 0.1) is 0 Å². The summed E-state index contributed by atoms with van der Waals surface area (Å²) >= 11 is 0. The van der Waals surface area contributed by atoms with Crippen LogP contribution in [-0.2, 0) is 23.9 Å². The molecular weight excluding hydrogens is 392 g/mol. The summed E-state index contributed by atoms with van der Waals surface area (Å²) in [5.41, 5.74) is 0.906. The number of nitrogens with one attached hydrogen (secondary N) is 1. The minimum absolute atomic E-state index is 0.164. The van der Waals surface area contributed by atoms with Gasteiger partial charge in [-0.3, -0.25) is 24.1 Å². The molecule has 2 amide bonds. The van der Waals surface area contributed by atoms with Gasteiger partial charge in [-0.2, -0.15) is 0 Å². The Hall–Kier alpha value is -4.01. The van der Waals surface area contributed by atoms with Gasteiger partial charge in [0.1, 0.15) is 6.54 Å². The number of amides is 2. The number of esters is 2. The van der Waals surface area contributed by atoms with Gasteiger partial charge in [-0.25, -0.2) is 4.79 Å². The number of Topliss-reactive ketones (excluding diaryl/α,β-unsaturated/α-hetero) is 1. The molecule has 0 bridgehead atoms. The number of carbonyl (C=O) groups excluding carboxylic acids is 5. The standard InChI is InChI=1S/C21H18N2O7/c1-2-29-21(28)13-7-3-5-9-15(13)22-17(24)12-30-18(25)11-23-16-10-6-4-8-14(16)19(26)20(23)27/h3-10H,2,11-12H2,1H3,(H,22,24). The molecule has 1 aliphatic heterocycles. The molecule has 9 nitrogen and oxygen atoms in total. The highest BCUT2D eigenvalue weighted by Crippen LogP contribution is 2.28. The third kappa shape index (κ3) is 4.35. The molecule has 0 saturated carbocycles. The van der Waals surface area contributed by atoms with Gasteiger partial charge in [-0.05, 0) is 31.2 Å². The number of benzene rings is 2. The minimum atomic E-state index is -0.860. The highest BCUT2D eigenvalue weighted by atomic mass is 16.5. The van der Waals surface area contributed by atoms with Crippen LogP contribution in [0.5, 0.6) is 0 Å². The van der Waals surface area contributed by atoms with E-state index in [-0.39, 0.29) is 23.4 Å². The second-order valence-electron chi connectivity index (χ2n) is 6.21. The topological polar surface area (TPSA) is 119 Å². The molecule has 2 aromatic carbocycles. The molecular formula is C21H18N2O7. The lowest BCUT2D eigenvalue weighted by Crippen LogP contribution is -2.36. The van der Waals surface area contributed by atoms with Gasteiger partial charge in [-0.1, -0.05) is 24.3 Å². The van der Waals surface area contributed by atoms with Crippen LogP contribution < -0.4 is 10.2 Å². The van der Waals surface area contributed by atoms with E-state index in [1.165, 1.54) is 18.2 Å². The average molecular weight is 410 g/mol. The number of rotatable bonds is 7. The lowest BCUT2D eigenvalue weighted by Gasteiger charge is -2.15. The van der Waals surface area contributed by atoms with E-state index in [9.17, 15) is 24.0 Å². The van der Waals surface area contributed by atoms with Crippen molar-refractivity contribution in [3.63, 3.8) is 0 Å². The average Bonchev–Trinajstić information content (AvgIpc) is 2.98. The van der Waals surface area contributed by atoms with Crippen LogP contribution in [0.2, 0.25) is 0 Å². The summed E-state index contributed by atoms with van der Waals surface area (Å²) in [5, 5.41) is 2.48. The first-order valence-electron chi connectivity index (χ1n) is 9.09. The monoisotopic (exact) mass is 410 g/mol. The highest BCUT2D eigenvalue weighted by molar-refractivity contribution is 6.52. The van der Waals surface area contributed by atoms with Crippen LogP contribution in [-0.4, -0.2) is 49.3 Å². The van der Waals surface area contributed by atoms with Crippen molar-refractivity contribution < 1.29 is 33.4 Å². The van der Waals surface area contributed by atoms with Crippen LogP contribution in [0.1, 0.15) is 27.6 Å². The third-order valence-corrected chi connectivity index (χ3v) is 4.23. The van der Waals surface area contributed by atoms with Gasteiger partial charge in [0.25, 0.3) is 17.6 Å². The molecule has 154 valence electrons. The molecule has 0 radical (unpaired) electrons. The molecule has 0 spiro atoms. The van der Waals surface area contributed by atoms with Gasteiger partial charge >= 0.3 is 11.9 Å². The largest absolute Gasteiger partial charge is 0.462 e. The summed E-state index contributed by atoms with van der Waals surface area (Å²) in [6.45, 7) is 0.705. The number of ketones is 1. The molecule has 1 heterocycles. The number of hydrogen-bond acceptors (Lipinski definition) is 7. The van der Waals surface area contributed by atoms with E-state index in [2.05, 4.69) is 5.32 Å². The zero-order valence-corrected chi connectivity index (χ0v) is 16.0. The van der Waals surface area contributed by atoms with E-state index in [0.717, 1.165) is 4.90 Å². The first kappa shape index (κ1) is 20.7. The Kier molecular flexibility index (Phi) is 6.21. The van der Waals surface area contributed by atoms with Crippen molar-refractivity contribution in [2.45, 2.75) is 6.92 Å². The lowest BCUT2D eigenvalue weighted by atomic mass is 10.1. The van der Waals surface area contributed by atoms with E-state index < -0.39 is 42.7 Å². The molecule has 9 heteroatoms. The lowest BCUT2D eigenvalue weighted by molar-refractivity contribution is -0.146. The Morgan fingerprint density at radius 1 is 0.967 bits per heavy atom. The van der Waals surface area contributed by atoms with Gasteiger partial charge < -0.3 is 14.8 Å². The van der Waals surface area contributed by atoms with Gasteiger partial charge in [0.05, 0.1) is 29.1 Å². The molecule has 1 N–H and O–H groups in total. The highest BCUT2D eigenvalue weighted by Gasteiger charge is 2.36. The number of para-hydroxylation sites is 2. The molecule has 0 aromatic heterocycles. The summed E-state index contributed by atoms with van der Waals surface area (Å²) in [5.74, 6) is -3.67. The molecule has 3 rings (SSSR count). The predicted octanol–water partition coefficient (Wildman–Crippen LogP) is 1.57. The summed E-state index contributed by atoms with van der Waals surface area (Å²) < 4.78 is 9.84. The Bertz CT molecular complexity index is 1030. The molecule has 0 unspecified atom stereocenters. The van der Waals surface area contributed by atoms with Gasteiger partial charge in [-0.15, -0.1) is 0 Å². The summed E-state index contributed by atoms with van der Waals surface area (Å²) in [7, 11) is 0. The molecule has 0 atom stereocenters. The van der Waals surface area contributed by atoms with Crippen molar-refractivity contribution in [3.8, 4) is 0 Å². The Morgan fingerprint density at radius 2 is 1.67 bits per heavy atom. The van der Waals surface area contributed by atoms with Crippen molar-refractivity contribution in [2.75, 3.05) is 30.0 Å². The van der Waals surface area contributed by atoms with Crippen molar-refractivity contribution in [1.82, 2.24) is 0 Å². The minimum Gasteiger partial charge on any atom is -0.462 e. The molecule has 30 heavy (non-hydrogen) atoms. The van der Waals surface area contributed by atoms with Crippen molar-refractivity contribution in [3.05, 3.63) is 59.7 Å². The SMILES string of the molecule is CCOC(=O)c1ccccc1NC(=O)COC(=O)CN1C(=O)C(=O)c2ccccc21. The summed E-state index contributed by atoms with van der Waals surface area (Å²) in [6, 6.07) is 12.5. The van der Waals surface area contributed by atoms with E-state index in [1.54, 1.807) is 37.3 Å². The normalized spacial score (nSPS) is 12.4. The first-order valence-corrected chi connectivity index (χ1v) is 9.09. The maximum Gasteiger partial charge on any atom is 0.340 e. The maximum atomic E-state index is 12.1. The zero-order valence-electron chi connectivity index (χ0n) is 16.0. The van der Waals surface area contributed by atoms with Gasteiger partial charge in [0, 0.05) is 0 Å². The van der Waals surface area contributed by atoms with Crippen LogP contribution >= 0.6 is 0 Å². The molecule has 0 fully saturated rings. The fourth-order valence-corrected chi connectivity index (χ4v) is 2.89.